The largest absolute Gasteiger partial charge is 0.495 e. The van der Waals surface area contributed by atoms with Gasteiger partial charge < -0.3 is 10.5 Å². The third-order valence-corrected chi connectivity index (χ3v) is 4.51. The molecule has 1 aliphatic carbocycles. The zero-order valence-corrected chi connectivity index (χ0v) is 11.2. The summed E-state index contributed by atoms with van der Waals surface area (Å²) in [4.78, 5) is -0.142. The fraction of sp³-hybridized carbons (Fsp3) is 0.500. The molecule has 0 aromatic heterocycles. The Kier molecular flexibility index (Phi) is 3.11. The van der Waals surface area contributed by atoms with Gasteiger partial charge in [0.15, 0.2) is 9.84 Å². The molecule has 0 unspecified atom stereocenters. The number of rotatable bonds is 3. The second-order valence-corrected chi connectivity index (χ2v) is 6.75. The third-order valence-electron chi connectivity index (χ3n) is 3.41. The molecule has 0 heterocycles. The average Bonchev–Trinajstić information content (AvgIpc) is 2.23. The van der Waals surface area contributed by atoms with Crippen molar-refractivity contribution in [2.75, 3.05) is 13.4 Å². The molecule has 1 aromatic carbocycles. The lowest BCUT2D eigenvalue weighted by Crippen LogP contribution is -2.43. The van der Waals surface area contributed by atoms with Crippen molar-refractivity contribution >= 4 is 9.84 Å². The SMILES string of the molecule is COc1c(C2(N)CCC2)cc(F)cc1S(C)(=O)=O. The zero-order chi connectivity index (χ0) is 13.6. The van der Waals surface area contributed by atoms with Crippen LogP contribution in [0.2, 0.25) is 0 Å². The van der Waals surface area contributed by atoms with Crippen molar-refractivity contribution in [1.29, 1.82) is 0 Å². The highest BCUT2D eigenvalue weighted by Crippen LogP contribution is 2.45. The van der Waals surface area contributed by atoms with E-state index in [1.165, 1.54) is 13.2 Å². The molecular weight excluding hydrogens is 257 g/mol. The number of sulfone groups is 1. The molecule has 4 nitrogen and oxygen atoms in total. The van der Waals surface area contributed by atoms with E-state index in [0.717, 1.165) is 18.7 Å². The standard InChI is InChI=1S/C12H16FNO3S/c1-17-11-9(12(14)4-3-5-12)6-8(13)7-10(11)18(2,15)16/h6-7H,3-5,14H2,1-2H3. The smallest absolute Gasteiger partial charge is 0.179 e. The topological polar surface area (TPSA) is 69.4 Å². The van der Waals surface area contributed by atoms with Crippen molar-refractivity contribution in [3.05, 3.63) is 23.5 Å². The molecule has 1 aliphatic rings. The molecule has 1 fully saturated rings. The number of methoxy groups -OCH3 is 1. The van der Waals surface area contributed by atoms with Crippen LogP contribution < -0.4 is 10.5 Å². The highest BCUT2D eigenvalue weighted by molar-refractivity contribution is 7.90. The average molecular weight is 273 g/mol. The number of hydrogen-bond donors (Lipinski definition) is 1. The predicted molar refractivity (Wildman–Crippen MR) is 65.8 cm³/mol. The van der Waals surface area contributed by atoms with Gasteiger partial charge in [0.05, 0.1) is 7.11 Å². The minimum atomic E-state index is -3.56. The van der Waals surface area contributed by atoms with E-state index in [4.69, 9.17) is 10.5 Å². The van der Waals surface area contributed by atoms with Crippen LogP contribution in [-0.2, 0) is 15.4 Å². The zero-order valence-electron chi connectivity index (χ0n) is 10.4. The Bertz CT molecular complexity index is 579. The van der Waals surface area contributed by atoms with Crippen LogP contribution in [0.4, 0.5) is 4.39 Å². The molecule has 2 rings (SSSR count). The van der Waals surface area contributed by atoms with Crippen LogP contribution in [0.3, 0.4) is 0 Å². The van der Waals surface area contributed by atoms with E-state index in [1.54, 1.807) is 0 Å². The van der Waals surface area contributed by atoms with Crippen molar-refractivity contribution in [2.45, 2.75) is 29.7 Å². The van der Waals surface area contributed by atoms with Gasteiger partial charge in [0.1, 0.15) is 16.5 Å². The fourth-order valence-electron chi connectivity index (χ4n) is 2.25. The van der Waals surface area contributed by atoms with Crippen molar-refractivity contribution in [2.24, 2.45) is 5.73 Å². The first-order valence-electron chi connectivity index (χ1n) is 5.65. The van der Waals surface area contributed by atoms with E-state index in [9.17, 15) is 12.8 Å². The van der Waals surface area contributed by atoms with Gasteiger partial charge in [-0.25, -0.2) is 12.8 Å². The quantitative estimate of drug-likeness (QED) is 0.907. The van der Waals surface area contributed by atoms with Crippen LogP contribution in [0.25, 0.3) is 0 Å². The minimum Gasteiger partial charge on any atom is -0.495 e. The molecule has 0 saturated heterocycles. The Morgan fingerprint density at radius 1 is 1.39 bits per heavy atom. The summed E-state index contributed by atoms with van der Waals surface area (Å²) in [5.41, 5.74) is 5.91. The first kappa shape index (κ1) is 13.3. The molecule has 2 N–H and O–H groups in total. The number of nitrogens with two attached hydrogens (primary N) is 1. The van der Waals surface area contributed by atoms with Crippen molar-refractivity contribution in [3.8, 4) is 5.75 Å². The van der Waals surface area contributed by atoms with E-state index in [2.05, 4.69) is 0 Å². The van der Waals surface area contributed by atoms with Gasteiger partial charge >= 0.3 is 0 Å². The van der Waals surface area contributed by atoms with Crippen molar-refractivity contribution in [3.63, 3.8) is 0 Å². The van der Waals surface area contributed by atoms with E-state index >= 15 is 0 Å². The van der Waals surface area contributed by atoms with E-state index in [1.807, 2.05) is 0 Å². The van der Waals surface area contributed by atoms with Gasteiger partial charge in [-0.15, -0.1) is 0 Å². The van der Waals surface area contributed by atoms with Crippen LogP contribution >= 0.6 is 0 Å². The third kappa shape index (κ3) is 2.10. The molecule has 0 aliphatic heterocycles. The summed E-state index contributed by atoms with van der Waals surface area (Å²) in [7, 11) is -2.19. The van der Waals surface area contributed by atoms with Gasteiger partial charge in [0, 0.05) is 17.4 Å². The predicted octanol–water partition coefficient (Wildman–Crippen LogP) is 1.58. The normalized spacial score (nSPS) is 18.2. The molecule has 0 atom stereocenters. The van der Waals surface area contributed by atoms with Gasteiger partial charge in [-0.2, -0.15) is 0 Å². The maximum atomic E-state index is 13.6. The van der Waals surface area contributed by atoms with Gasteiger partial charge in [-0.3, -0.25) is 0 Å². The van der Waals surface area contributed by atoms with Gasteiger partial charge in [0.25, 0.3) is 0 Å². The summed E-state index contributed by atoms with van der Waals surface area (Å²) in [6.45, 7) is 0. The van der Waals surface area contributed by atoms with E-state index in [-0.39, 0.29) is 10.6 Å². The van der Waals surface area contributed by atoms with Crippen LogP contribution in [0, 0.1) is 5.82 Å². The van der Waals surface area contributed by atoms with Crippen LogP contribution in [0.15, 0.2) is 17.0 Å². The van der Waals surface area contributed by atoms with E-state index < -0.39 is 21.2 Å². The minimum absolute atomic E-state index is 0.142. The molecule has 100 valence electrons. The Labute approximate surface area is 106 Å². The molecule has 1 saturated carbocycles. The summed E-state index contributed by atoms with van der Waals surface area (Å²) >= 11 is 0. The lowest BCUT2D eigenvalue weighted by molar-refractivity contribution is 0.241. The number of ether oxygens (including phenoxy) is 1. The summed E-state index contributed by atoms with van der Waals surface area (Å²) in [6, 6.07) is 2.24. The Morgan fingerprint density at radius 2 is 2.00 bits per heavy atom. The first-order valence-corrected chi connectivity index (χ1v) is 7.54. The molecular formula is C12H16FNO3S. The summed E-state index contributed by atoms with van der Waals surface area (Å²) in [5, 5.41) is 0. The molecule has 1 aromatic rings. The van der Waals surface area contributed by atoms with Crippen LogP contribution in [0.1, 0.15) is 24.8 Å². The Hall–Kier alpha value is -1.14. The van der Waals surface area contributed by atoms with Crippen molar-refractivity contribution < 1.29 is 17.5 Å². The molecule has 18 heavy (non-hydrogen) atoms. The van der Waals surface area contributed by atoms with Crippen LogP contribution in [0.5, 0.6) is 5.75 Å². The highest BCUT2D eigenvalue weighted by atomic mass is 32.2. The van der Waals surface area contributed by atoms with Gasteiger partial charge in [-0.1, -0.05) is 0 Å². The van der Waals surface area contributed by atoms with Gasteiger partial charge in [-0.05, 0) is 31.4 Å². The second kappa shape index (κ2) is 4.20. The van der Waals surface area contributed by atoms with E-state index in [0.29, 0.717) is 18.4 Å². The highest BCUT2D eigenvalue weighted by Gasteiger charge is 2.38. The summed E-state index contributed by atoms with van der Waals surface area (Å²) in [5.74, 6) is -0.441. The molecule has 0 radical (unpaired) electrons. The monoisotopic (exact) mass is 273 g/mol. The number of hydrogen-bond acceptors (Lipinski definition) is 4. The summed E-state index contributed by atoms with van der Waals surface area (Å²) in [6.07, 6.45) is 3.38. The molecule has 6 heteroatoms. The maximum Gasteiger partial charge on any atom is 0.179 e. The Balaban J connectivity index is 2.70. The molecule has 0 amide bonds. The lowest BCUT2D eigenvalue weighted by Gasteiger charge is -2.39. The van der Waals surface area contributed by atoms with Crippen molar-refractivity contribution in [1.82, 2.24) is 0 Å². The second-order valence-electron chi connectivity index (χ2n) is 4.77. The maximum absolute atomic E-state index is 13.6. The Morgan fingerprint density at radius 3 is 2.39 bits per heavy atom. The fourth-order valence-corrected chi connectivity index (χ4v) is 3.11. The lowest BCUT2D eigenvalue weighted by atomic mass is 9.72. The molecule has 0 spiro atoms. The number of halogens is 1. The van der Waals surface area contributed by atoms with Crippen LogP contribution in [-0.4, -0.2) is 21.8 Å². The summed E-state index contributed by atoms with van der Waals surface area (Å²) < 4.78 is 42.1. The first-order chi connectivity index (χ1) is 8.28. The molecule has 0 bridgehead atoms. The number of benzene rings is 1. The van der Waals surface area contributed by atoms with Gasteiger partial charge in [0.2, 0.25) is 0 Å².